The number of carbonyl (C=O) groups excluding carboxylic acids is 1. The summed E-state index contributed by atoms with van der Waals surface area (Å²) < 4.78 is 50.1. The number of aryl methyl sites for hydroxylation is 1. The fourth-order valence-electron chi connectivity index (χ4n) is 6.62. The Morgan fingerprint density at radius 2 is 1.57 bits per heavy atom. The summed E-state index contributed by atoms with van der Waals surface area (Å²) in [7, 11) is 1.71. The lowest BCUT2D eigenvalue weighted by Crippen LogP contribution is -2.36. The third-order valence-electron chi connectivity index (χ3n) is 8.98. The number of ether oxygens (including phenoxy) is 2. The molecule has 1 amide bonds. The molecule has 42 heavy (non-hydrogen) atoms. The van der Waals surface area contributed by atoms with E-state index >= 15 is 0 Å². The molecule has 0 heterocycles. The summed E-state index contributed by atoms with van der Waals surface area (Å²) in [4.78, 5) is 12.4. The van der Waals surface area contributed by atoms with Gasteiger partial charge in [-0.2, -0.15) is 13.2 Å². The van der Waals surface area contributed by atoms with Gasteiger partial charge in [-0.3, -0.25) is 4.79 Å². The molecule has 2 aliphatic rings. The number of nitrogens with one attached hydrogen (secondary N) is 1. The minimum absolute atomic E-state index is 0.0448. The molecule has 0 radical (unpaired) electrons. The molecule has 3 aromatic carbocycles. The first-order valence-electron chi connectivity index (χ1n) is 15.1. The van der Waals surface area contributed by atoms with Crippen LogP contribution in [0.4, 0.5) is 13.2 Å². The number of fused-ring (bicyclic) bond motifs is 1. The number of benzene rings is 3. The van der Waals surface area contributed by atoms with Crippen LogP contribution in [-0.2, 0) is 11.2 Å². The molecule has 3 aromatic rings. The predicted molar refractivity (Wildman–Crippen MR) is 158 cm³/mol. The van der Waals surface area contributed by atoms with Crippen LogP contribution in [-0.4, -0.2) is 32.3 Å². The van der Waals surface area contributed by atoms with Gasteiger partial charge in [-0.1, -0.05) is 48.5 Å². The first kappa shape index (κ1) is 30.0. The minimum atomic E-state index is -4.15. The standard InChI is InChI=1S/C35H40F3NO3/c1-41-30-18-20-32-27(23-30)13-19-31(24-7-3-2-4-8-24)33(32)25-11-16-29(17-12-25)42-22-6-5-21-39-34(40)26-9-14-28(15-10-26)35(36,37)38/h2-4,7-8,11-12,16-18,20,23,26,28,31,33H,5-6,9-10,13-15,19,21-22H2,1H3,(H,39,40). The van der Waals surface area contributed by atoms with E-state index in [-0.39, 0.29) is 30.6 Å². The van der Waals surface area contributed by atoms with E-state index in [4.69, 9.17) is 9.47 Å². The molecule has 2 unspecified atom stereocenters. The molecule has 0 saturated heterocycles. The van der Waals surface area contributed by atoms with E-state index < -0.39 is 12.1 Å². The number of carbonyl (C=O) groups is 1. The van der Waals surface area contributed by atoms with Gasteiger partial charge in [0.2, 0.25) is 5.91 Å². The molecule has 2 atom stereocenters. The van der Waals surface area contributed by atoms with Crippen molar-refractivity contribution in [3.8, 4) is 11.5 Å². The topological polar surface area (TPSA) is 47.6 Å². The molecule has 0 aliphatic heterocycles. The number of unbranched alkanes of at least 4 members (excludes halogenated alkanes) is 1. The predicted octanol–water partition coefficient (Wildman–Crippen LogP) is 8.20. The van der Waals surface area contributed by atoms with Crippen molar-refractivity contribution < 1.29 is 27.4 Å². The Morgan fingerprint density at radius 3 is 2.26 bits per heavy atom. The Balaban J connectivity index is 1.12. The Labute approximate surface area is 246 Å². The van der Waals surface area contributed by atoms with Crippen molar-refractivity contribution in [1.82, 2.24) is 5.32 Å². The number of hydrogen-bond donors (Lipinski definition) is 1. The molecule has 2 aliphatic carbocycles. The molecule has 224 valence electrons. The van der Waals surface area contributed by atoms with Gasteiger partial charge in [0.15, 0.2) is 0 Å². The maximum absolute atomic E-state index is 12.9. The van der Waals surface area contributed by atoms with E-state index in [1.54, 1.807) is 7.11 Å². The zero-order chi connectivity index (χ0) is 29.5. The van der Waals surface area contributed by atoms with E-state index in [9.17, 15) is 18.0 Å². The fraction of sp³-hybridized carbons (Fsp3) is 0.457. The average Bonchev–Trinajstić information content (AvgIpc) is 3.02. The van der Waals surface area contributed by atoms with Crippen molar-refractivity contribution >= 4 is 5.91 Å². The second-order valence-corrected chi connectivity index (χ2v) is 11.6. The number of amides is 1. The molecule has 1 saturated carbocycles. The van der Waals surface area contributed by atoms with E-state index in [1.165, 1.54) is 22.3 Å². The highest BCUT2D eigenvalue weighted by atomic mass is 19.4. The van der Waals surface area contributed by atoms with Crippen molar-refractivity contribution in [3.05, 3.63) is 95.1 Å². The van der Waals surface area contributed by atoms with Crippen LogP contribution < -0.4 is 14.8 Å². The smallest absolute Gasteiger partial charge is 0.391 e. The number of rotatable bonds is 10. The van der Waals surface area contributed by atoms with Gasteiger partial charge in [-0.05, 0) is 104 Å². The largest absolute Gasteiger partial charge is 0.497 e. The number of halogens is 3. The van der Waals surface area contributed by atoms with Crippen molar-refractivity contribution in [2.75, 3.05) is 20.3 Å². The van der Waals surface area contributed by atoms with E-state index in [2.05, 4.69) is 66.0 Å². The Hall–Kier alpha value is -3.48. The molecule has 7 heteroatoms. The minimum Gasteiger partial charge on any atom is -0.497 e. The van der Waals surface area contributed by atoms with E-state index in [0.29, 0.717) is 31.9 Å². The molecule has 5 rings (SSSR count). The lowest BCUT2D eigenvalue weighted by atomic mass is 9.69. The van der Waals surface area contributed by atoms with Crippen molar-refractivity contribution in [3.63, 3.8) is 0 Å². The molecule has 1 fully saturated rings. The molecule has 4 nitrogen and oxygen atoms in total. The maximum Gasteiger partial charge on any atom is 0.391 e. The highest BCUT2D eigenvalue weighted by molar-refractivity contribution is 5.78. The van der Waals surface area contributed by atoms with Crippen LogP contribution in [0.1, 0.15) is 79.0 Å². The Morgan fingerprint density at radius 1 is 0.857 bits per heavy atom. The third kappa shape index (κ3) is 7.29. The quantitative estimate of drug-likeness (QED) is 0.246. The summed E-state index contributed by atoms with van der Waals surface area (Å²) in [5.74, 6) is 0.632. The molecular weight excluding hydrogens is 539 g/mol. The maximum atomic E-state index is 12.9. The summed E-state index contributed by atoms with van der Waals surface area (Å²) in [6.07, 6.45) is 0.166. The van der Waals surface area contributed by atoms with Crippen LogP contribution in [0.3, 0.4) is 0 Å². The van der Waals surface area contributed by atoms with Crippen LogP contribution in [0.5, 0.6) is 11.5 Å². The molecule has 0 spiro atoms. The molecule has 1 N–H and O–H groups in total. The van der Waals surface area contributed by atoms with Gasteiger partial charge in [0, 0.05) is 18.4 Å². The fourth-order valence-corrected chi connectivity index (χ4v) is 6.62. The van der Waals surface area contributed by atoms with Gasteiger partial charge in [0.1, 0.15) is 11.5 Å². The zero-order valence-corrected chi connectivity index (χ0v) is 24.2. The first-order valence-corrected chi connectivity index (χ1v) is 15.1. The molecular formula is C35H40F3NO3. The third-order valence-corrected chi connectivity index (χ3v) is 8.98. The van der Waals surface area contributed by atoms with Gasteiger partial charge in [0.25, 0.3) is 0 Å². The van der Waals surface area contributed by atoms with Gasteiger partial charge in [-0.15, -0.1) is 0 Å². The summed E-state index contributed by atoms with van der Waals surface area (Å²) in [5, 5.41) is 2.90. The van der Waals surface area contributed by atoms with Crippen LogP contribution in [0.15, 0.2) is 72.8 Å². The van der Waals surface area contributed by atoms with Crippen LogP contribution in [0.25, 0.3) is 0 Å². The number of methoxy groups -OCH3 is 1. The molecule has 0 aromatic heterocycles. The van der Waals surface area contributed by atoms with E-state index in [0.717, 1.165) is 37.2 Å². The second kappa shape index (κ2) is 13.7. The Kier molecular flexibility index (Phi) is 9.76. The second-order valence-electron chi connectivity index (χ2n) is 11.6. The summed E-state index contributed by atoms with van der Waals surface area (Å²) in [6.45, 7) is 1.04. The average molecular weight is 580 g/mol. The van der Waals surface area contributed by atoms with E-state index in [1.807, 2.05) is 12.1 Å². The van der Waals surface area contributed by atoms with Crippen LogP contribution >= 0.6 is 0 Å². The van der Waals surface area contributed by atoms with Gasteiger partial charge < -0.3 is 14.8 Å². The number of hydrogen-bond acceptors (Lipinski definition) is 3. The normalized spacial score (nSPS) is 22.2. The summed E-state index contributed by atoms with van der Waals surface area (Å²) in [6, 6.07) is 25.6. The van der Waals surface area contributed by atoms with Gasteiger partial charge in [-0.25, -0.2) is 0 Å². The van der Waals surface area contributed by atoms with Crippen molar-refractivity contribution in [2.24, 2.45) is 11.8 Å². The zero-order valence-electron chi connectivity index (χ0n) is 24.2. The van der Waals surface area contributed by atoms with Crippen LogP contribution in [0.2, 0.25) is 0 Å². The van der Waals surface area contributed by atoms with Gasteiger partial charge >= 0.3 is 6.18 Å². The SMILES string of the molecule is COc1ccc2c(c1)CCC(c1ccccc1)C2c1ccc(OCCCCNC(=O)C2CCC(C(F)(F)F)CC2)cc1. The van der Waals surface area contributed by atoms with Crippen molar-refractivity contribution in [1.29, 1.82) is 0 Å². The molecule has 0 bridgehead atoms. The van der Waals surface area contributed by atoms with Gasteiger partial charge in [0.05, 0.1) is 19.6 Å². The lowest BCUT2D eigenvalue weighted by molar-refractivity contribution is -0.184. The van der Waals surface area contributed by atoms with Crippen LogP contribution in [0, 0.1) is 11.8 Å². The van der Waals surface area contributed by atoms with Crippen molar-refractivity contribution in [2.45, 2.75) is 69.4 Å². The highest BCUT2D eigenvalue weighted by Gasteiger charge is 2.42. The monoisotopic (exact) mass is 579 g/mol. The lowest BCUT2D eigenvalue weighted by Gasteiger charge is -2.35. The number of alkyl halides is 3. The summed E-state index contributed by atoms with van der Waals surface area (Å²) >= 11 is 0. The first-order chi connectivity index (χ1) is 20.3. The summed E-state index contributed by atoms with van der Waals surface area (Å²) in [5.41, 5.74) is 5.30. The Bertz CT molecular complexity index is 1300. The highest BCUT2D eigenvalue weighted by Crippen LogP contribution is 2.47.